The molecule has 1 aromatic carbocycles. The van der Waals surface area contributed by atoms with Gasteiger partial charge in [-0.3, -0.25) is 4.79 Å². The van der Waals surface area contributed by atoms with Crippen LogP contribution in [-0.4, -0.2) is 38.3 Å². The molecule has 0 aromatic heterocycles. The van der Waals surface area contributed by atoms with Crippen molar-refractivity contribution in [1.29, 1.82) is 0 Å². The number of carbonyl (C=O) groups is 2. The fourth-order valence-corrected chi connectivity index (χ4v) is 2.47. The van der Waals surface area contributed by atoms with Crippen LogP contribution in [0.25, 0.3) is 0 Å². The molecule has 1 aliphatic rings. The Labute approximate surface area is 130 Å². The van der Waals surface area contributed by atoms with E-state index in [0.717, 1.165) is 11.4 Å². The molecule has 120 valence electrons. The van der Waals surface area contributed by atoms with Crippen LogP contribution < -0.4 is 15.0 Å². The molecule has 1 saturated heterocycles. The molecule has 6 heteroatoms. The molecule has 1 unspecified atom stereocenters. The maximum atomic E-state index is 12.1. The molecule has 6 nitrogen and oxygen atoms in total. The summed E-state index contributed by atoms with van der Waals surface area (Å²) in [6, 6.07) is 7.47. The molecule has 1 N–H and O–H groups in total. The summed E-state index contributed by atoms with van der Waals surface area (Å²) in [5.41, 5.74) is 0.854. The van der Waals surface area contributed by atoms with Crippen molar-refractivity contribution in [3.63, 3.8) is 0 Å². The fourth-order valence-electron chi connectivity index (χ4n) is 2.47. The third-order valence-corrected chi connectivity index (χ3v) is 3.48. The number of anilines is 1. The number of hydrogen-bond donors (Lipinski definition) is 1. The second-order valence-electron chi connectivity index (χ2n) is 5.10. The largest absolute Gasteiger partial charge is 0.494 e. The van der Waals surface area contributed by atoms with E-state index in [1.165, 1.54) is 0 Å². The van der Waals surface area contributed by atoms with E-state index < -0.39 is 6.09 Å². The predicted octanol–water partition coefficient (Wildman–Crippen LogP) is 2.18. The quantitative estimate of drug-likeness (QED) is 0.874. The summed E-state index contributed by atoms with van der Waals surface area (Å²) in [5, 5.41) is 2.68. The van der Waals surface area contributed by atoms with Crippen molar-refractivity contribution in [3.8, 4) is 5.75 Å². The monoisotopic (exact) mass is 306 g/mol. The minimum atomic E-state index is -0.436. The molecule has 1 aliphatic heterocycles. The first-order valence-electron chi connectivity index (χ1n) is 7.57. The molecule has 2 rings (SSSR count). The Kier molecular flexibility index (Phi) is 5.63. The lowest BCUT2D eigenvalue weighted by Gasteiger charge is -2.17. The van der Waals surface area contributed by atoms with Gasteiger partial charge in [0.15, 0.2) is 0 Å². The van der Waals surface area contributed by atoms with Gasteiger partial charge in [-0.15, -0.1) is 0 Å². The minimum absolute atomic E-state index is 0.0693. The van der Waals surface area contributed by atoms with E-state index >= 15 is 0 Å². The van der Waals surface area contributed by atoms with Gasteiger partial charge in [0.1, 0.15) is 5.75 Å². The highest BCUT2D eigenvalue weighted by Crippen LogP contribution is 2.26. The number of nitrogens with zero attached hydrogens (tertiary/aromatic N) is 1. The first-order chi connectivity index (χ1) is 10.6. The van der Waals surface area contributed by atoms with Gasteiger partial charge in [0.05, 0.1) is 13.2 Å². The third kappa shape index (κ3) is 4.13. The molecular formula is C16H22N2O4. The number of amides is 2. The van der Waals surface area contributed by atoms with Crippen molar-refractivity contribution in [2.24, 2.45) is 5.92 Å². The molecule has 0 saturated carbocycles. The molecular weight excluding hydrogens is 284 g/mol. The van der Waals surface area contributed by atoms with E-state index in [1.54, 1.807) is 11.8 Å². The summed E-state index contributed by atoms with van der Waals surface area (Å²) in [6.07, 6.45) is -0.00550. The van der Waals surface area contributed by atoms with Crippen LogP contribution in [0, 0.1) is 5.92 Å². The maximum Gasteiger partial charge on any atom is 0.407 e. The Balaban J connectivity index is 1.90. The van der Waals surface area contributed by atoms with E-state index in [9.17, 15) is 9.59 Å². The zero-order chi connectivity index (χ0) is 15.9. The Morgan fingerprint density at radius 2 is 2.00 bits per heavy atom. The molecule has 0 aliphatic carbocycles. The zero-order valence-corrected chi connectivity index (χ0v) is 13.0. The van der Waals surface area contributed by atoms with Gasteiger partial charge in [0, 0.05) is 31.1 Å². The van der Waals surface area contributed by atoms with Crippen molar-refractivity contribution in [2.45, 2.75) is 20.3 Å². The Hall–Kier alpha value is -2.24. The van der Waals surface area contributed by atoms with Gasteiger partial charge in [-0.25, -0.2) is 4.79 Å². The number of nitrogens with one attached hydrogen (secondary N) is 1. The number of benzene rings is 1. The summed E-state index contributed by atoms with van der Waals surface area (Å²) in [6.45, 7) is 5.68. The molecule has 1 heterocycles. The average molecular weight is 306 g/mol. The molecule has 1 atom stereocenters. The van der Waals surface area contributed by atoms with Crippen LogP contribution >= 0.6 is 0 Å². The number of alkyl carbamates (subject to hydrolysis) is 1. The normalized spacial score (nSPS) is 17.5. The lowest BCUT2D eigenvalue weighted by atomic mass is 10.1. The van der Waals surface area contributed by atoms with Gasteiger partial charge in [0.2, 0.25) is 5.91 Å². The zero-order valence-electron chi connectivity index (χ0n) is 13.0. The molecule has 0 bridgehead atoms. The van der Waals surface area contributed by atoms with Gasteiger partial charge in [-0.05, 0) is 38.1 Å². The number of hydrogen-bond acceptors (Lipinski definition) is 4. The van der Waals surface area contributed by atoms with Crippen LogP contribution in [-0.2, 0) is 9.53 Å². The van der Waals surface area contributed by atoms with Crippen LogP contribution in [0.4, 0.5) is 10.5 Å². The van der Waals surface area contributed by atoms with Crippen LogP contribution in [0.5, 0.6) is 5.75 Å². The first-order valence-corrected chi connectivity index (χ1v) is 7.57. The van der Waals surface area contributed by atoms with E-state index in [2.05, 4.69) is 5.32 Å². The molecule has 22 heavy (non-hydrogen) atoms. The Bertz CT molecular complexity index is 515. The lowest BCUT2D eigenvalue weighted by molar-refractivity contribution is -0.117. The van der Waals surface area contributed by atoms with Crippen molar-refractivity contribution >= 4 is 17.7 Å². The van der Waals surface area contributed by atoms with E-state index in [-0.39, 0.29) is 11.8 Å². The van der Waals surface area contributed by atoms with E-state index in [4.69, 9.17) is 9.47 Å². The highest BCUT2D eigenvalue weighted by molar-refractivity contribution is 5.95. The van der Waals surface area contributed by atoms with Crippen LogP contribution in [0.15, 0.2) is 24.3 Å². The molecule has 0 radical (unpaired) electrons. The summed E-state index contributed by atoms with van der Waals surface area (Å²) in [7, 11) is 0. The van der Waals surface area contributed by atoms with Crippen molar-refractivity contribution in [2.75, 3.05) is 31.2 Å². The highest BCUT2D eigenvalue weighted by Gasteiger charge is 2.30. The predicted molar refractivity (Wildman–Crippen MR) is 83.1 cm³/mol. The van der Waals surface area contributed by atoms with Crippen LogP contribution in [0.2, 0.25) is 0 Å². The fraction of sp³-hybridized carbons (Fsp3) is 0.500. The lowest BCUT2D eigenvalue weighted by Crippen LogP contribution is -2.31. The minimum Gasteiger partial charge on any atom is -0.494 e. The van der Waals surface area contributed by atoms with Crippen molar-refractivity contribution < 1.29 is 19.1 Å². The van der Waals surface area contributed by atoms with Crippen LogP contribution in [0.1, 0.15) is 20.3 Å². The Morgan fingerprint density at radius 3 is 2.64 bits per heavy atom. The maximum absolute atomic E-state index is 12.1. The summed E-state index contributed by atoms with van der Waals surface area (Å²) in [5.74, 6) is 0.960. The SMILES string of the molecule is CCOC(=O)NCC1CC(=O)N(c2ccc(OCC)cc2)C1. The van der Waals surface area contributed by atoms with Gasteiger partial charge in [0.25, 0.3) is 0 Å². The topological polar surface area (TPSA) is 67.9 Å². The van der Waals surface area contributed by atoms with E-state index in [1.807, 2.05) is 31.2 Å². The molecule has 1 aromatic rings. The summed E-state index contributed by atoms with van der Waals surface area (Å²) in [4.78, 5) is 25.1. The molecule has 2 amide bonds. The van der Waals surface area contributed by atoms with Crippen molar-refractivity contribution in [3.05, 3.63) is 24.3 Å². The second kappa shape index (κ2) is 7.68. The second-order valence-corrected chi connectivity index (χ2v) is 5.10. The standard InChI is InChI=1S/C16H22N2O4/c1-3-21-14-7-5-13(6-8-14)18-11-12(9-15(18)19)10-17-16(20)22-4-2/h5-8,12H,3-4,9-11H2,1-2H3,(H,17,20). The summed E-state index contributed by atoms with van der Waals surface area (Å²) < 4.78 is 10.2. The van der Waals surface area contributed by atoms with Crippen LogP contribution in [0.3, 0.4) is 0 Å². The van der Waals surface area contributed by atoms with Gasteiger partial charge in [-0.2, -0.15) is 0 Å². The highest BCUT2D eigenvalue weighted by atomic mass is 16.5. The molecule has 1 fully saturated rings. The smallest absolute Gasteiger partial charge is 0.407 e. The number of rotatable bonds is 6. The van der Waals surface area contributed by atoms with Crippen molar-refractivity contribution in [1.82, 2.24) is 5.32 Å². The van der Waals surface area contributed by atoms with Gasteiger partial charge < -0.3 is 19.7 Å². The van der Waals surface area contributed by atoms with E-state index in [0.29, 0.717) is 32.7 Å². The molecule has 0 spiro atoms. The third-order valence-electron chi connectivity index (χ3n) is 3.48. The van der Waals surface area contributed by atoms with Gasteiger partial charge in [-0.1, -0.05) is 0 Å². The summed E-state index contributed by atoms with van der Waals surface area (Å²) >= 11 is 0. The first kappa shape index (κ1) is 16.1. The number of carbonyl (C=O) groups excluding carboxylic acids is 2. The average Bonchev–Trinajstić information content (AvgIpc) is 2.88. The number of ether oxygens (including phenoxy) is 2. The van der Waals surface area contributed by atoms with Gasteiger partial charge >= 0.3 is 6.09 Å². The Morgan fingerprint density at radius 1 is 1.27 bits per heavy atom.